The summed E-state index contributed by atoms with van der Waals surface area (Å²) >= 11 is 0. The van der Waals surface area contributed by atoms with Gasteiger partial charge in [0.05, 0.1) is 26.2 Å². The van der Waals surface area contributed by atoms with Gasteiger partial charge >= 0.3 is 0 Å². The van der Waals surface area contributed by atoms with E-state index in [0.717, 1.165) is 23.1 Å². The van der Waals surface area contributed by atoms with Crippen molar-refractivity contribution in [2.24, 2.45) is 0 Å². The van der Waals surface area contributed by atoms with E-state index in [2.05, 4.69) is 5.16 Å². The minimum absolute atomic E-state index is 0.00912. The highest BCUT2D eigenvalue weighted by molar-refractivity contribution is 5.86. The number of methoxy groups -OCH3 is 1. The average Bonchev–Trinajstić information content (AvgIpc) is 3.12. The highest BCUT2D eigenvalue weighted by Gasteiger charge is 2.25. The highest BCUT2D eigenvalue weighted by atomic mass is 16.5. The van der Waals surface area contributed by atoms with Crippen molar-refractivity contribution < 1.29 is 18.8 Å². The zero-order valence-electron chi connectivity index (χ0n) is 15.3. The molecule has 1 unspecified atom stereocenters. The number of hydrogen-bond acceptors (Lipinski definition) is 5. The molecule has 6 heteroatoms. The summed E-state index contributed by atoms with van der Waals surface area (Å²) in [4.78, 5) is 14.6. The van der Waals surface area contributed by atoms with Crippen LogP contribution in [-0.2, 0) is 22.4 Å². The van der Waals surface area contributed by atoms with Gasteiger partial charge in [0.15, 0.2) is 5.58 Å². The Morgan fingerprint density at radius 3 is 2.85 bits per heavy atom. The lowest BCUT2D eigenvalue weighted by Crippen LogP contribution is -2.47. The Morgan fingerprint density at radius 2 is 2.04 bits per heavy atom. The fraction of sp³-hybridized carbons (Fsp3) is 0.333. The first-order valence-electron chi connectivity index (χ1n) is 9.08. The van der Waals surface area contributed by atoms with Crippen LogP contribution in [0.5, 0.6) is 5.75 Å². The Morgan fingerprint density at radius 1 is 1.22 bits per heavy atom. The van der Waals surface area contributed by atoms with Gasteiger partial charge in [0.1, 0.15) is 11.4 Å². The van der Waals surface area contributed by atoms with Crippen LogP contribution >= 0.6 is 0 Å². The predicted octanol–water partition coefficient (Wildman–Crippen LogP) is 2.85. The smallest absolute Gasteiger partial charge is 0.228 e. The summed E-state index contributed by atoms with van der Waals surface area (Å²) < 4.78 is 16.4. The number of amides is 1. The van der Waals surface area contributed by atoms with Gasteiger partial charge in [-0.2, -0.15) is 0 Å². The van der Waals surface area contributed by atoms with Crippen LogP contribution in [0.25, 0.3) is 11.0 Å². The summed E-state index contributed by atoms with van der Waals surface area (Å²) in [6.07, 6.45) is 0.998. The van der Waals surface area contributed by atoms with Gasteiger partial charge in [-0.05, 0) is 29.8 Å². The van der Waals surface area contributed by atoms with E-state index < -0.39 is 0 Å². The number of ether oxygens (including phenoxy) is 2. The highest BCUT2D eigenvalue weighted by Crippen LogP contribution is 2.20. The molecule has 27 heavy (non-hydrogen) atoms. The van der Waals surface area contributed by atoms with Gasteiger partial charge in [0.2, 0.25) is 5.91 Å². The Bertz CT molecular complexity index is 919. The number of hydrogen-bond donors (Lipinski definition) is 0. The molecule has 1 aliphatic rings. The second-order valence-electron chi connectivity index (χ2n) is 6.69. The van der Waals surface area contributed by atoms with E-state index in [1.807, 2.05) is 53.4 Å². The molecule has 1 amide bonds. The van der Waals surface area contributed by atoms with Crippen LogP contribution in [0.1, 0.15) is 11.3 Å². The first-order valence-corrected chi connectivity index (χ1v) is 9.08. The Labute approximate surface area is 157 Å². The summed E-state index contributed by atoms with van der Waals surface area (Å²) in [5, 5.41) is 4.96. The van der Waals surface area contributed by atoms with Crippen molar-refractivity contribution in [3.63, 3.8) is 0 Å². The Hall–Kier alpha value is -2.86. The molecule has 1 saturated heterocycles. The number of nitrogens with zero attached hydrogens (tertiary/aromatic N) is 2. The number of aromatic nitrogens is 1. The van der Waals surface area contributed by atoms with E-state index in [4.69, 9.17) is 14.0 Å². The van der Waals surface area contributed by atoms with Gasteiger partial charge in [-0.3, -0.25) is 4.79 Å². The number of benzene rings is 2. The topological polar surface area (TPSA) is 64.8 Å². The van der Waals surface area contributed by atoms with E-state index >= 15 is 0 Å². The lowest BCUT2D eigenvalue weighted by atomic mass is 10.1. The fourth-order valence-electron chi connectivity index (χ4n) is 3.41. The van der Waals surface area contributed by atoms with Crippen LogP contribution in [-0.4, -0.2) is 48.9 Å². The van der Waals surface area contributed by atoms with Gasteiger partial charge in [-0.25, -0.2) is 0 Å². The van der Waals surface area contributed by atoms with Crippen molar-refractivity contribution in [3.05, 3.63) is 59.8 Å². The second-order valence-corrected chi connectivity index (χ2v) is 6.69. The molecule has 1 aromatic heterocycles. The summed E-state index contributed by atoms with van der Waals surface area (Å²) in [5.41, 5.74) is 2.56. The monoisotopic (exact) mass is 366 g/mol. The van der Waals surface area contributed by atoms with E-state index in [-0.39, 0.29) is 18.4 Å². The molecule has 6 nitrogen and oxygen atoms in total. The fourth-order valence-corrected chi connectivity index (χ4v) is 3.41. The molecule has 0 spiro atoms. The molecule has 1 aliphatic heterocycles. The maximum absolute atomic E-state index is 12.8. The Balaban J connectivity index is 1.39. The normalized spacial score (nSPS) is 17.2. The van der Waals surface area contributed by atoms with E-state index in [9.17, 15) is 4.79 Å². The number of para-hydroxylation sites is 1. The van der Waals surface area contributed by atoms with Gasteiger partial charge in [0, 0.05) is 24.9 Å². The van der Waals surface area contributed by atoms with Gasteiger partial charge < -0.3 is 18.9 Å². The van der Waals surface area contributed by atoms with Crippen molar-refractivity contribution in [1.82, 2.24) is 10.1 Å². The molecule has 1 atom stereocenters. The summed E-state index contributed by atoms with van der Waals surface area (Å²) in [6.45, 7) is 1.74. The van der Waals surface area contributed by atoms with Gasteiger partial charge in [-0.15, -0.1) is 0 Å². The van der Waals surface area contributed by atoms with Crippen LogP contribution in [0.4, 0.5) is 0 Å². The lowest BCUT2D eigenvalue weighted by molar-refractivity contribution is -0.138. The molecule has 3 aromatic rings. The molecule has 1 fully saturated rings. The summed E-state index contributed by atoms with van der Waals surface area (Å²) in [7, 11) is 1.65. The predicted molar refractivity (Wildman–Crippen MR) is 101 cm³/mol. The van der Waals surface area contributed by atoms with E-state index in [0.29, 0.717) is 31.0 Å². The van der Waals surface area contributed by atoms with Crippen LogP contribution in [0.3, 0.4) is 0 Å². The molecule has 2 heterocycles. The lowest BCUT2D eigenvalue weighted by Gasteiger charge is -2.33. The first kappa shape index (κ1) is 17.5. The van der Waals surface area contributed by atoms with Crippen molar-refractivity contribution in [1.29, 1.82) is 0 Å². The zero-order chi connectivity index (χ0) is 18.6. The van der Waals surface area contributed by atoms with Crippen molar-refractivity contribution in [2.75, 3.05) is 26.8 Å². The average molecular weight is 366 g/mol. The molecule has 0 N–H and O–H groups in total. The maximum atomic E-state index is 12.8. The third kappa shape index (κ3) is 3.95. The molecular weight excluding hydrogens is 344 g/mol. The van der Waals surface area contributed by atoms with E-state index in [1.54, 1.807) is 7.11 Å². The van der Waals surface area contributed by atoms with Crippen molar-refractivity contribution in [3.8, 4) is 5.75 Å². The molecule has 0 radical (unpaired) electrons. The van der Waals surface area contributed by atoms with Crippen LogP contribution in [0.15, 0.2) is 53.1 Å². The standard InChI is InChI=1S/C21H22N2O4/c1-25-16-8-6-15(7-9-16)12-17-14-23(10-11-26-17)21(24)13-19-18-4-2-3-5-20(18)27-22-19/h2-9,17H,10-14H2,1H3. The van der Waals surface area contributed by atoms with Crippen molar-refractivity contribution in [2.45, 2.75) is 18.9 Å². The van der Waals surface area contributed by atoms with Crippen LogP contribution in [0.2, 0.25) is 0 Å². The number of carbonyl (C=O) groups is 1. The minimum atomic E-state index is -0.00912. The minimum Gasteiger partial charge on any atom is -0.497 e. The number of rotatable bonds is 5. The Kier molecular flexibility index (Phi) is 5.07. The molecule has 0 saturated carbocycles. The quantitative estimate of drug-likeness (QED) is 0.695. The molecule has 0 bridgehead atoms. The first-order chi connectivity index (χ1) is 13.2. The number of fused-ring (bicyclic) bond motifs is 1. The second kappa shape index (κ2) is 7.80. The van der Waals surface area contributed by atoms with Gasteiger partial charge in [0.25, 0.3) is 0 Å². The van der Waals surface area contributed by atoms with E-state index in [1.165, 1.54) is 0 Å². The molecule has 2 aromatic carbocycles. The van der Waals surface area contributed by atoms with Crippen LogP contribution in [0, 0.1) is 0 Å². The number of morpholine rings is 1. The summed E-state index contributed by atoms with van der Waals surface area (Å²) in [5.74, 6) is 0.886. The van der Waals surface area contributed by atoms with Crippen molar-refractivity contribution >= 4 is 16.9 Å². The SMILES string of the molecule is COc1ccc(CC2CN(C(=O)Cc3noc4ccccc34)CCO2)cc1. The third-order valence-corrected chi connectivity index (χ3v) is 4.88. The molecular formula is C21H22N2O4. The van der Waals surface area contributed by atoms with Gasteiger partial charge in [-0.1, -0.05) is 29.4 Å². The molecule has 140 valence electrons. The number of carbonyl (C=O) groups excluding carboxylic acids is 1. The maximum Gasteiger partial charge on any atom is 0.228 e. The molecule has 0 aliphatic carbocycles. The third-order valence-electron chi connectivity index (χ3n) is 4.88. The van der Waals surface area contributed by atoms with Crippen LogP contribution < -0.4 is 4.74 Å². The zero-order valence-corrected chi connectivity index (χ0v) is 15.3. The molecule has 4 rings (SSSR count). The summed E-state index contributed by atoms with van der Waals surface area (Å²) in [6, 6.07) is 15.6. The largest absolute Gasteiger partial charge is 0.497 e.